The molecule has 1 aromatic rings. The summed E-state index contributed by atoms with van der Waals surface area (Å²) in [4.78, 5) is 4.32. The fraction of sp³-hybridized carbons (Fsp3) is 0.500. The first-order valence-corrected chi connectivity index (χ1v) is 4.63. The third kappa shape index (κ3) is 1.98. The summed E-state index contributed by atoms with van der Waals surface area (Å²) in [5, 5.41) is 0. The van der Waals surface area contributed by atoms with Crippen LogP contribution < -0.4 is 10.5 Å². The maximum absolute atomic E-state index is 5.65. The van der Waals surface area contributed by atoms with Crippen LogP contribution in [0.2, 0.25) is 0 Å². The van der Waals surface area contributed by atoms with Gasteiger partial charge < -0.3 is 10.5 Å². The van der Waals surface area contributed by atoms with Gasteiger partial charge in [0.2, 0.25) is 0 Å². The van der Waals surface area contributed by atoms with Gasteiger partial charge in [-0.2, -0.15) is 0 Å². The summed E-state index contributed by atoms with van der Waals surface area (Å²) in [6.07, 6.45) is 2.79. The fourth-order valence-corrected chi connectivity index (χ4v) is 1.20. The summed E-state index contributed by atoms with van der Waals surface area (Å²) in [5.41, 5.74) is 7.34. The summed E-state index contributed by atoms with van der Waals surface area (Å²) in [6.45, 7) is 2.45. The van der Waals surface area contributed by atoms with Gasteiger partial charge in [-0.1, -0.05) is 0 Å². The number of hydrogen-bond donors (Lipinski definition) is 1. The van der Waals surface area contributed by atoms with E-state index >= 15 is 0 Å². The van der Waals surface area contributed by atoms with E-state index in [1.54, 1.807) is 0 Å². The minimum atomic E-state index is 0.434. The van der Waals surface area contributed by atoms with Gasteiger partial charge in [-0.3, -0.25) is 4.98 Å². The molecule has 3 heteroatoms. The van der Waals surface area contributed by atoms with Crippen LogP contribution in [-0.2, 0) is 6.54 Å². The lowest BCUT2D eigenvalue weighted by Gasteiger charge is -2.07. The van der Waals surface area contributed by atoms with E-state index in [2.05, 4.69) is 4.98 Å². The summed E-state index contributed by atoms with van der Waals surface area (Å²) in [5.74, 6) is 0.903. The number of pyridine rings is 1. The molecule has 0 radical (unpaired) electrons. The Labute approximate surface area is 77.9 Å². The van der Waals surface area contributed by atoms with Crippen molar-refractivity contribution < 1.29 is 4.74 Å². The van der Waals surface area contributed by atoms with E-state index in [1.807, 2.05) is 19.1 Å². The largest absolute Gasteiger partial charge is 0.489 e. The average Bonchev–Trinajstić information content (AvgIpc) is 2.92. The lowest BCUT2D eigenvalue weighted by Crippen LogP contribution is -2.03. The first-order valence-electron chi connectivity index (χ1n) is 4.63. The van der Waals surface area contributed by atoms with Crippen LogP contribution >= 0.6 is 0 Å². The Hall–Kier alpha value is -1.09. The van der Waals surface area contributed by atoms with Gasteiger partial charge in [-0.15, -0.1) is 0 Å². The quantitative estimate of drug-likeness (QED) is 0.760. The van der Waals surface area contributed by atoms with E-state index in [0.29, 0.717) is 12.6 Å². The number of hydrogen-bond acceptors (Lipinski definition) is 3. The van der Waals surface area contributed by atoms with Gasteiger partial charge in [0.15, 0.2) is 0 Å². The lowest BCUT2D eigenvalue weighted by atomic mass is 10.3. The van der Waals surface area contributed by atoms with Gasteiger partial charge in [0.05, 0.1) is 17.5 Å². The second-order valence-electron chi connectivity index (χ2n) is 3.41. The molecule has 1 saturated carbocycles. The molecular formula is C10H14N2O. The zero-order chi connectivity index (χ0) is 9.26. The van der Waals surface area contributed by atoms with Crippen molar-refractivity contribution in [3.63, 3.8) is 0 Å². The van der Waals surface area contributed by atoms with E-state index < -0.39 is 0 Å². The molecule has 2 rings (SSSR count). The summed E-state index contributed by atoms with van der Waals surface area (Å²) in [7, 11) is 0. The highest BCUT2D eigenvalue weighted by Gasteiger charge is 2.24. The van der Waals surface area contributed by atoms with E-state index in [0.717, 1.165) is 17.1 Å². The highest BCUT2D eigenvalue weighted by molar-refractivity contribution is 5.28. The Balaban J connectivity index is 2.15. The molecule has 0 amide bonds. The minimum absolute atomic E-state index is 0.434. The van der Waals surface area contributed by atoms with Gasteiger partial charge in [0, 0.05) is 6.54 Å². The average molecular weight is 178 g/mol. The molecule has 1 aromatic heterocycles. The van der Waals surface area contributed by atoms with Gasteiger partial charge in [-0.25, -0.2) is 0 Å². The van der Waals surface area contributed by atoms with Gasteiger partial charge in [0.25, 0.3) is 0 Å². The molecule has 0 bridgehead atoms. The predicted molar refractivity (Wildman–Crippen MR) is 50.5 cm³/mol. The Morgan fingerprint density at radius 3 is 2.85 bits per heavy atom. The summed E-state index contributed by atoms with van der Waals surface area (Å²) in [6, 6.07) is 3.88. The van der Waals surface area contributed by atoms with E-state index in [9.17, 15) is 0 Å². The van der Waals surface area contributed by atoms with Crippen molar-refractivity contribution in [2.45, 2.75) is 32.4 Å². The molecule has 1 aliphatic carbocycles. The molecule has 0 spiro atoms. The molecule has 2 N–H and O–H groups in total. The maximum Gasteiger partial charge on any atom is 0.140 e. The fourth-order valence-electron chi connectivity index (χ4n) is 1.20. The minimum Gasteiger partial charge on any atom is -0.489 e. The number of aryl methyl sites for hydroxylation is 1. The van der Waals surface area contributed by atoms with Crippen molar-refractivity contribution in [1.29, 1.82) is 0 Å². The number of rotatable bonds is 3. The normalized spacial score (nSPS) is 15.8. The molecule has 1 heterocycles. The van der Waals surface area contributed by atoms with Crippen LogP contribution in [0.25, 0.3) is 0 Å². The molecule has 70 valence electrons. The predicted octanol–water partition coefficient (Wildman–Crippen LogP) is 1.39. The topological polar surface area (TPSA) is 48.1 Å². The standard InChI is InChI=1S/C10H14N2O/c1-7-10(13-9-3-4-9)5-2-8(6-11)12-7/h2,5,9H,3-4,6,11H2,1H3. The lowest BCUT2D eigenvalue weighted by molar-refractivity contribution is 0.299. The van der Waals surface area contributed by atoms with Crippen LogP contribution in [0.1, 0.15) is 24.2 Å². The van der Waals surface area contributed by atoms with E-state index in [-0.39, 0.29) is 0 Å². The van der Waals surface area contributed by atoms with Crippen LogP contribution in [0.5, 0.6) is 5.75 Å². The molecule has 0 aliphatic heterocycles. The van der Waals surface area contributed by atoms with Crippen molar-refractivity contribution >= 4 is 0 Å². The number of aromatic nitrogens is 1. The number of ether oxygens (including phenoxy) is 1. The SMILES string of the molecule is Cc1nc(CN)ccc1OC1CC1. The van der Waals surface area contributed by atoms with Crippen molar-refractivity contribution in [3.8, 4) is 5.75 Å². The van der Waals surface area contributed by atoms with Crippen molar-refractivity contribution in [2.75, 3.05) is 0 Å². The molecule has 0 saturated heterocycles. The second-order valence-corrected chi connectivity index (χ2v) is 3.41. The van der Waals surface area contributed by atoms with E-state index in [1.165, 1.54) is 12.8 Å². The van der Waals surface area contributed by atoms with Crippen LogP contribution in [-0.4, -0.2) is 11.1 Å². The molecule has 1 aliphatic rings. The molecule has 0 atom stereocenters. The first-order chi connectivity index (χ1) is 6.29. The highest BCUT2D eigenvalue weighted by Crippen LogP contribution is 2.28. The van der Waals surface area contributed by atoms with Crippen LogP contribution in [0.4, 0.5) is 0 Å². The second kappa shape index (κ2) is 3.34. The third-order valence-corrected chi connectivity index (χ3v) is 2.12. The Morgan fingerprint density at radius 1 is 1.54 bits per heavy atom. The van der Waals surface area contributed by atoms with Crippen molar-refractivity contribution in [1.82, 2.24) is 4.98 Å². The molecule has 13 heavy (non-hydrogen) atoms. The summed E-state index contributed by atoms with van der Waals surface area (Å²) >= 11 is 0. The van der Waals surface area contributed by atoms with Crippen LogP contribution in [0.15, 0.2) is 12.1 Å². The van der Waals surface area contributed by atoms with E-state index in [4.69, 9.17) is 10.5 Å². The third-order valence-electron chi connectivity index (χ3n) is 2.12. The smallest absolute Gasteiger partial charge is 0.140 e. The highest BCUT2D eigenvalue weighted by atomic mass is 16.5. The molecular weight excluding hydrogens is 164 g/mol. The van der Waals surface area contributed by atoms with Gasteiger partial charge in [-0.05, 0) is 31.9 Å². The Kier molecular flexibility index (Phi) is 2.19. The molecule has 0 unspecified atom stereocenters. The summed E-state index contributed by atoms with van der Waals surface area (Å²) < 4.78 is 5.65. The molecule has 0 aromatic carbocycles. The van der Waals surface area contributed by atoms with Crippen LogP contribution in [0.3, 0.4) is 0 Å². The number of nitrogens with zero attached hydrogens (tertiary/aromatic N) is 1. The van der Waals surface area contributed by atoms with Gasteiger partial charge in [0.1, 0.15) is 5.75 Å². The zero-order valence-electron chi connectivity index (χ0n) is 7.79. The Morgan fingerprint density at radius 2 is 2.31 bits per heavy atom. The van der Waals surface area contributed by atoms with Crippen molar-refractivity contribution in [2.24, 2.45) is 5.73 Å². The monoisotopic (exact) mass is 178 g/mol. The number of nitrogens with two attached hydrogens (primary N) is 1. The van der Waals surface area contributed by atoms with Crippen molar-refractivity contribution in [3.05, 3.63) is 23.5 Å². The first kappa shape index (κ1) is 8.51. The molecule has 3 nitrogen and oxygen atoms in total. The molecule has 1 fully saturated rings. The van der Waals surface area contributed by atoms with Gasteiger partial charge >= 0.3 is 0 Å². The maximum atomic E-state index is 5.65. The van der Waals surface area contributed by atoms with Crippen LogP contribution in [0, 0.1) is 6.92 Å². The Bertz CT molecular complexity index is 308. The zero-order valence-corrected chi connectivity index (χ0v) is 7.79.